The molecule has 0 aliphatic rings. The summed E-state index contributed by atoms with van der Waals surface area (Å²) in [6.07, 6.45) is 0. The predicted molar refractivity (Wildman–Crippen MR) is 63.7 cm³/mol. The van der Waals surface area contributed by atoms with Crippen LogP contribution in [0.15, 0.2) is 23.2 Å². The second-order valence-electron chi connectivity index (χ2n) is 2.30. The summed E-state index contributed by atoms with van der Waals surface area (Å²) in [6, 6.07) is 5.25. The van der Waals surface area contributed by atoms with Crippen molar-refractivity contribution >= 4 is 46.3 Å². The number of isothiocyanates is 1. The van der Waals surface area contributed by atoms with E-state index in [1.807, 2.05) is 0 Å². The molecule has 1 nitrogen and oxygen atoms in total. The molecule has 0 aromatic heterocycles. The number of benzene rings is 1. The number of hydrogen-bond acceptors (Lipinski definition) is 2. The number of aliphatic imine (C=N–C) groups is 1. The maximum atomic E-state index is 5.91. The van der Waals surface area contributed by atoms with E-state index in [9.17, 15) is 0 Å². The van der Waals surface area contributed by atoms with Crippen LogP contribution in [0.3, 0.4) is 0 Å². The topological polar surface area (TPSA) is 12.4 Å². The number of nitrogens with zero attached hydrogens (tertiary/aromatic N) is 1. The van der Waals surface area contributed by atoms with Crippen molar-refractivity contribution < 1.29 is 0 Å². The van der Waals surface area contributed by atoms with Crippen molar-refractivity contribution in [2.45, 2.75) is 0 Å². The molecule has 0 amide bonds. The van der Waals surface area contributed by atoms with Gasteiger partial charge in [0.2, 0.25) is 0 Å². The van der Waals surface area contributed by atoms with E-state index in [0.29, 0.717) is 16.6 Å². The Morgan fingerprint density at radius 1 is 1.43 bits per heavy atom. The molecule has 0 radical (unpaired) electrons. The monoisotopic (exact) mass is 241 g/mol. The van der Waals surface area contributed by atoms with Crippen LogP contribution in [0.2, 0.25) is 5.02 Å². The zero-order valence-electron chi connectivity index (χ0n) is 7.05. The summed E-state index contributed by atoms with van der Waals surface area (Å²) in [5.41, 5.74) is 1.40. The van der Waals surface area contributed by atoms with Crippen LogP contribution in [-0.2, 0) is 0 Å². The highest BCUT2D eigenvalue weighted by Gasteiger charge is 1.97. The lowest BCUT2D eigenvalue weighted by Crippen LogP contribution is -1.75. The highest BCUT2D eigenvalue weighted by Crippen LogP contribution is 2.24. The number of hydrogen-bond donors (Lipinski definition) is 0. The number of alkyl halides is 1. The van der Waals surface area contributed by atoms with E-state index in [1.54, 1.807) is 18.2 Å². The first-order chi connectivity index (χ1) is 6.77. The average molecular weight is 242 g/mol. The second-order valence-corrected chi connectivity index (χ2v) is 3.16. The normalized spacial score (nSPS) is 8.43. The molecule has 0 spiro atoms. The summed E-state index contributed by atoms with van der Waals surface area (Å²) >= 11 is 15.8. The minimum atomic E-state index is 0.303. The summed E-state index contributed by atoms with van der Waals surface area (Å²) in [5, 5.41) is 2.76. The van der Waals surface area contributed by atoms with Crippen LogP contribution < -0.4 is 0 Å². The van der Waals surface area contributed by atoms with Crippen LogP contribution in [0.25, 0.3) is 0 Å². The van der Waals surface area contributed by atoms with Gasteiger partial charge in [-0.25, -0.2) is 0 Å². The average Bonchev–Trinajstić information content (AvgIpc) is 2.19. The van der Waals surface area contributed by atoms with Gasteiger partial charge < -0.3 is 0 Å². The molecule has 4 heteroatoms. The highest BCUT2D eigenvalue weighted by atomic mass is 35.5. The molecule has 0 saturated heterocycles. The molecular weight excluding hydrogens is 237 g/mol. The maximum Gasteiger partial charge on any atom is 0.0926 e. The zero-order valence-corrected chi connectivity index (χ0v) is 9.38. The van der Waals surface area contributed by atoms with Gasteiger partial charge in [-0.3, -0.25) is 0 Å². The molecule has 0 heterocycles. The van der Waals surface area contributed by atoms with E-state index < -0.39 is 0 Å². The zero-order chi connectivity index (χ0) is 10.4. The smallest absolute Gasteiger partial charge is 0.0926 e. The van der Waals surface area contributed by atoms with Gasteiger partial charge in [-0.05, 0) is 30.4 Å². The van der Waals surface area contributed by atoms with E-state index in [4.69, 9.17) is 23.2 Å². The minimum Gasteiger partial charge on any atom is -0.193 e. The second kappa shape index (κ2) is 5.80. The molecule has 0 bridgehead atoms. The summed E-state index contributed by atoms with van der Waals surface area (Å²) in [4.78, 5) is 3.79. The predicted octanol–water partition coefficient (Wildman–Crippen LogP) is 3.66. The lowest BCUT2D eigenvalue weighted by molar-refractivity contribution is 1.53. The third-order valence-electron chi connectivity index (χ3n) is 1.41. The Bertz CT molecular complexity index is 439. The molecule has 0 aliphatic carbocycles. The van der Waals surface area contributed by atoms with Crippen LogP contribution in [0.5, 0.6) is 0 Å². The molecule has 0 fully saturated rings. The third-order valence-corrected chi connectivity index (χ3v) is 1.94. The first-order valence-electron chi connectivity index (χ1n) is 3.70. The first kappa shape index (κ1) is 11.2. The lowest BCUT2D eigenvalue weighted by Gasteiger charge is -1.96. The van der Waals surface area contributed by atoms with E-state index in [-0.39, 0.29) is 0 Å². The SMILES string of the molecule is S=C=Nc1ccc(C#CCCl)cc1Cl. The van der Waals surface area contributed by atoms with Crippen molar-refractivity contribution in [3.63, 3.8) is 0 Å². The number of rotatable bonds is 1. The summed E-state index contributed by atoms with van der Waals surface area (Å²) in [7, 11) is 0. The summed E-state index contributed by atoms with van der Waals surface area (Å²) < 4.78 is 0. The third kappa shape index (κ3) is 3.14. The molecule has 1 aromatic carbocycles. The van der Waals surface area contributed by atoms with E-state index >= 15 is 0 Å². The van der Waals surface area contributed by atoms with Crippen LogP contribution in [0.1, 0.15) is 5.56 Å². The molecule has 70 valence electrons. The van der Waals surface area contributed by atoms with Gasteiger partial charge >= 0.3 is 0 Å². The Hall–Kier alpha value is -0.840. The van der Waals surface area contributed by atoms with Gasteiger partial charge in [0.25, 0.3) is 0 Å². The molecule has 0 aliphatic heterocycles. The van der Waals surface area contributed by atoms with Crippen LogP contribution in [0.4, 0.5) is 5.69 Å². The largest absolute Gasteiger partial charge is 0.193 e. The highest BCUT2D eigenvalue weighted by molar-refractivity contribution is 7.78. The Morgan fingerprint density at radius 3 is 2.79 bits per heavy atom. The molecule has 14 heavy (non-hydrogen) atoms. The molecule has 0 saturated carbocycles. The Kier molecular flexibility index (Phi) is 4.65. The van der Waals surface area contributed by atoms with Gasteiger partial charge in [-0.2, -0.15) is 4.99 Å². The van der Waals surface area contributed by atoms with E-state index in [2.05, 4.69) is 34.2 Å². The Morgan fingerprint density at radius 2 is 2.21 bits per heavy atom. The van der Waals surface area contributed by atoms with Crippen LogP contribution in [0, 0.1) is 11.8 Å². The van der Waals surface area contributed by atoms with Gasteiger partial charge in [0, 0.05) is 5.56 Å². The van der Waals surface area contributed by atoms with Gasteiger partial charge in [-0.1, -0.05) is 23.4 Å². The fraction of sp³-hybridized carbons (Fsp3) is 0.100. The van der Waals surface area contributed by atoms with E-state index in [1.165, 1.54) is 0 Å². The molecule has 1 aromatic rings. The van der Waals surface area contributed by atoms with E-state index in [0.717, 1.165) is 5.56 Å². The Labute approximate surface area is 97.8 Å². The fourth-order valence-corrected chi connectivity index (χ4v) is 1.25. The fourth-order valence-electron chi connectivity index (χ4n) is 0.860. The van der Waals surface area contributed by atoms with Gasteiger partial charge in [-0.15, -0.1) is 11.6 Å². The van der Waals surface area contributed by atoms with Gasteiger partial charge in [0.15, 0.2) is 0 Å². The molecule has 0 unspecified atom stereocenters. The minimum absolute atomic E-state index is 0.303. The van der Waals surface area contributed by atoms with Crippen molar-refractivity contribution in [2.75, 3.05) is 5.88 Å². The maximum absolute atomic E-state index is 5.91. The van der Waals surface area contributed by atoms with Crippen LogP contribution in [-0.4, -0.2) is 11.0 Å². The quantitative estimate of drug-likeness (QED) is 0.317. The standard InChI is InChI=1S/C10H5Cl2NS/c11-5-1-2-8-3-4-10(13-7-14)9(12)6-8/h3-4,6H,5H2. The van der Waals surface area contributed by atoms with Gasteiger partial charge in [0.1, 0.15) is 0 Å². The molecule has 0 atom stereocenters. The summed E-state index contributed by atoms with van der Waals surface area (Å²) in [5.74, 6) is 5.89. The van der Waals surface area contributed by atoms with Crippen molar-refractivity contribution in [1.82, 2.24) is 0 Å². The molecular formula is C10H5Cl2NS. The molecule has 1 rings (SSSR count). The van der Waals surface area contributed by atoms with Gasteiger partial charge in [0.05, 0.1) is 21.8 Å². The number of halogens is 2. The van der Waals surface area contributed by atoms with Crippen molar-refractivity contribution in [3.05, 3.63) is 28.8 Å². The van der Waals surface area contributed by atoms with Crippen molar-refractivity contribution in [3.8, 4) is 11.8 Å². The first-order valence-corrected chi connectivity index (χ1v) is 5.02. The Balaban J connectivity index is 3.06. The summed E-state index contributed by atoms with van der Waals surface area (Å²) in [6.45, 7) is 0. The van der Waals surface area contributed by atoms with Crippen molar-refractivity contribution in [1.29, 1.82) is 0 Å². The van der Waals surface area contributed by atoms with Crippen molar-refractivity contribution in [2.24, 2.45) is 4.99 Å². The molecule has 0 N–H and O–H groups in total. The number of thiocarbonyl (C=S) groups is 1. The van der Waals surface area contributed by atoms with Crippen LogP contribution >= 0.6 is 35.4 Å². The lowest BCUT2D eigenvalue weighted by atomic mass is 10.2.